The molecule has 5 nitrogen and oxygen atoms in total. The number of aliphatic carboxylic acids is 1. The molecular weight excluding hydrogens is 436 g/mol. The largest absolute Gasteiger partial charge is 0.548 e. The number of halogens is 1. The van der Waals surface area contributed by atoms with Crippen LogP contribution in [0.2, 0.25) is 5.02 Å². The van der Waals surface area contributed by atoms with Gasteiger partial charge in [0, 0.05) is 45.6 Å². The van der Waals surface area contributed by atoms with Gasteiger partial charge in [0.1, 0.15) is 11.3 Å². The van der Waals surface area contributed by atoms with Crippen molar-refractivity contribution in [1.29, 1.82) is 0 Å². The Morgan fingerprint density at radius 2 is 1.85 bits per heavy atom. The molecule has 0 saturated heterocycles. The van der Waals surface area contributed by atoms with E-state index in [1.165, 1.54) is 0 Å². The highest BCUT2D eigenvalue weighted by Gasteiger charge is 2.14. The molecule has 2 aromatic heterocycles. The Kier molecular flexibility index (Phi) is 5.48. The van der Waals surface area contributed by atoms with Crippen molar-refractivity contribution in [2.24, 2.45) is 4.99 Å². The maximum absolute atomic E-state index is 12.1. The molecule has 0 radical (unpaired) electrons. The maximum Gasteiger partial charge on any atom is 0.136 e. The molecule has 33 heavy (non-hydrogen) atoms. The number of carboxylic acids is 1. The van der Waals surface area contributed by atoms with E-state index in [1.54, 1.807) is 24.3 Å². The maximum atomic E-state index is 12.1. The second kappa shape index (κ2) is 8.60. The van der Waals surface area contributed by atoms with Crippen molar-refractivity contribution in [2.45, 2.75) is 19.4 Å². The number of para-hydroxylation sites is 1. The zero-order valence-electron chi connectivity index (χ0n) is 17.8. The number of H-pyrrole nitrogens is 1. The molecule has 0 bridgehead atoms. The van der Waals surface area contributed by atoms with Crippen molar-refractivity contribution in [2.75, 3.05) is 0 Å². The van der Waals surface area contributed by atoms with Gasteiger partial charge < -0.3 is 19.3 Å². The molecule has 0 fully saturated rings. The first kappa shape index (κ1) is 21.0. The fraction of sp³-hybridized carbons (Fsp3) is 0.111. The van der Waals surface area contributed by atoms with Crippen molar-refractivity contribution < 1.29 is 14.3 Å². The van der Waals surface area contributed by atoms with Gasteiger partial charge in [-0.3, -0.25) is 4.99 Å². The Bertz CT molecular complexity index is 1550. The van der Waals surface area contributed by atoms with E-state index in [4.69, 9.17) is 16.0 Å². The molecule has 5 rings (SSSR count). The number of nitrogens with one attached hydrogen (secondary N) is 1. The number of aryl methyl sites for hydroxylation is 1. The summed E-state index contributed by atoms with van der Waals surface area (Å²) >= 11 is 6.23. The van der Waals surface area contributed by atoms with E-state index in [0.717, 1.165) is 27.6 Å². The number of nitrogens with zero attached hydrogens (tertiary/aromatic N) is 1. The van der Waals surface area contributed by atoms with Gasteiger partial charge in [-0.25, -0.2) is 0 Å². The Hall–Kier alpha value is -3.83. The number of benzene rings is 3. The lowest BCUT2D eigenvalue weighted by Crippen LogP contribution is -2.37. The van der Waals surface area contributed by atoms with E-state index >= 15 is 0 Å². The second-order valence-electron chi connectivity index (χ2n) is 8.03. The third-order valence-electron chi connectivity index (χ3n) is 5.70. The Labute approximate surface area is 195 Å². The van der Waals surface area contributed by atoms with Crippen LogP contribution in [0.3, 0.4) is 0 Å². The van der Waals surface area contributed by atoms with Gasteiger partial charge >= 0.3 is 0 Å². The molecule has 0 aliphatic heterocycles. The van der Waals surface area contributed by atoms with Gasteiger partial charge in [0.05, 0.1) is 17.4 Å². The Morgan fingerprint density at radius 3 is 2.64 bits per heavy atom. The van der Waals surface area contributed by atoms with Crippen LogP contribution < -0.4 is 10.5 Å². The van der Waals surface area contributed by atoms with Crippen molar-refractivity contribution in [3.63, 3.8) is 0 Å². The molecule has 1 atom stereocenters. The van der Waals surface area contributed by atoms with Gasteiger partial charge in [-0.2, -0.15) is 0 Å². The SMILES string of the molecule is Cc1ccc(-c2cc(=N[C@@H](Cc3c[nH]c4ccccc34)C(=O)[O-])c3cc(Cl)ccc3o2)cc1. The number of aromatic nitrogens is 1. The minimum Gasteiger partial charge on any atom is -0.548 e. The van der Waals surface area contributed by atoms with Crippen LogP contribution >= 0.6 is 11.6 Å². The Balaban J connectivity index is 1.66. The number of carboxylic acid groups (broad SMARTS) is 1. The zero-order valence-corrected chi connectivity index (χ0v) is 18.6. The quantitative estimate of drug-likeness (QED) is 0.413. The molecule has 0 amide bonds. The summed E-state index contributed by atoms with van der Waals surface area (Å²) in [6, 6.07) is 21.6. The summed E-state index contributed by atoms with van der Waals surface area (Å²) in [6.07, 6.45) is 2.02. The summed E-state index contributed by atoms with van der Waals surface area (Å²) < 4.78 is 6.10. The van der Waals surface area contributed by atoms with Crippen molar-refractivity contribution >= 4 is 39.4 Å². The predicted octanol–water partition coefficient (Wildman–Crippen LogP) is 4.80. The first-order valence-corrected chi connectivity index (χ1v) is 11.0. The average Bonchev–Trinajstić information content (AvgIpc) is 3.22. The number of carbonyl (C=O) groups is 1. The summed E-state index contributed by atoms with van der Waals surface area (Å²) in [6.45, 7) is 2.01. The monoisotopic (exact) mass is 455 g/mol. The van der Waals surface area contributed by atoms with Crippen molar-refractivity contribution in [1.82, 2.24) is 4.98 Å². The van der Waals surface area contributed by atoms with Gasteiger partial charge in [-0.05, 0) is 36.8 Å². The van der Waals surface area contributed by atoms with E-state index in [1.807, 2.05) is 61.7 Å². The van der Waals surface area contributed by atoms with Gasteiger partial charge in [0.25, 0.3) is 0 Å². The molecule has 0 spiro atoms. The molecule has 0 saturated carbocycles. The van der Waals surface area contributed by atoms with Gasteiger partial charge in [0.15, 0.2) is 0 Å². The minimum atomic E-state index is -1.24. The smallest absolute Gasteiger partial charge is 0.136 e. The molecule has 6 heteroatoms. The second-order valence-corrected chi connectivity index (χ2v) is 8.47. The summed E-state index contributed by atoms with van der Waals surface area (Å²) in [5, 5.41) is 14.7. The lowest BCUT2D eigenvalue weighted by Gasteiger charge is -2.14. The minimum absolute atomic E-state index is 0.195. The van der Waals surface area contributed by atoms with Crippen LogP contribution in [-0.2, 0) is 11.2 Å². The van der Waals surface area contributed by atoms with Gasteiger partial charge in [-0.1, -0.05) is 59.6 Å². The molecule has 1 N–H and O–H groups in total. The normalized spacial score (nSPS) is 13.0. The third kappa shape index (κ3) is 4.28. The molecule has 2 heterocycles. The standard InChI is InChI=1S/C27H21ClN2O3/c1-16-6-8-17(9-7-16)26-14-23(21-13-19(28)10-11-25(21)33-26)30-24(27(31)32)12-18-15-29-22-5-3-2-4-20(18)22/h2-11,13-15,24,29H,12H2,1H3,(H,31,32)/p-1/t24-/m0/s1. The molecule has 0 unspecified atom stereocenters. The number of carbonyl (C=O) groups excluding carboxylic acids is 1. The van der Waals surface area contributed by atoms with Crippen LogP contribution in [0.5, 0.6) is 0 Å². The molecule has 0 aliphatic carbocycles. The zero-order chi connectivity index (χ0) is 22.9. The molecular formula is C27H20ClN2O3-. The fourth-order valence-corrected chi connectivity index (χ4v) is 4.14. The average molecular weight is 456 g/mol. The van der Waals surface area contributed by atoms with E-state index in [2.05, 4.69) is 9.98 Å². The van der Waals surface area contributed by atoms with Gasteiger partial charge in [-0.15, -0.1) is 0 Å². The van der Waals surface area contributed by atoms with Crippen molar-refractivity contribution in [3.8, 4) is 11.3 Å². The topological polar surface area (TPSA) is 81.4 Å². The highest BCUT2D eigenvalue weighted by molar-refractivity contribution is 6.31. The Morgan fingerprint density at radius 1 is 1.06 bits per heavy atom. The molecule has 5 aromatic rings. The van der Waals surface area contributed by atoms with E-state index in [0.29, 0.717) is 27.1 Å². The first-order chi connectivity index (χ1) is 16.0. The molecule has 3 aromatic carbocycles. The third-order valence-corrected chi connectivity index (χ3v) is 5.93. The number of fused-ring (bicyclic) bond motifs is 2. The number of hydrogen-bond donors (Lipinski definition) is 1. The first-order valence-electron chi connectivity index (χ1n) is 10.6. The lowest BCUT2D eigenvalue weighted by atomic mass is 10.0. The predicted molar refractivity (Wildman–Crippen MR) is 128 cm³/mol. The van der Waals surface area contributed by atoms with Crippen LogP contribution in [0.4, 0.5) is 0 Å². The fourth-order valence-electron chi connectivity index (χ4n) is 3.97. The summed E-state index contributed by atoms with van der Waals surface area (Å²) in [4.78, 5) is 19.9. The lowest BCUT2D eigenvalue weighted by molar-refractivity contribution is -0.307. The number of aromatic amines is 1. The van der Waals surface area contributed by atoms with E-state index in [9.17, 15) is 9.90 Å². The van der Waals surface area contributed by atoms with Crippen LogP contribution in [-0.4, -0.2) is 17.0 Å². The highest BCUT2D eigenvalue weighted by Crippen LogP contribution is 2.25. The van der Waals surface area contributed by atoms with E-state index < -0.39 is 12.0 Å². The summed E-state index contributed by atoms with van der Waals surface area (Å²) in [7, 11) is 0. The van der Waals surface area contributed by atoms with Crippen LogP contribution in [0.15, 0.2) is 88.4 Å². The van der Waals surface area contributed by atoms with Gasteiger partial charge in [0.2, 0.25) is 0 Å². The highest BCUT2D eigenvalue weighted by atomic mass is 35.5. The number of rotatable bonds is 5. The van der Waals surface area contributed by atoms with Crippen LogP contribution in [0, 0.1) is 6.92 Å². The van der Waals surface area contributed by atoms with Crippen LogP contribution in [0.25, 0.3) is 33.2 Å². The van der Waals surface area contributed by atoms with E-state index in [-0.39, 0.29) is 6.42 Å². The number of hydrogen-bond acceptors (Lipinski definition) is 4. The van der Waals surface area contributed by atoms with Crippen molar-refractivity contribution in [3.05, 3.63) is 101 Å². The molecule has 164 valence electrons. The summed E-state index contributed by atoms with van der Waals surface area (Å²) in [5.41, 5.74) is 4.38. The molecule has 0 aliphatic rings. The summed E-state index contributed by atoms with van der Waals surface area (Å²) in [5.74, 6) is -0.652. The van der Waals surface area contributed by atoms with Crippen LogP contribution in [0.1, 0.15) is 11.1 Å².